The van der Waals surface area contributed by atoms with Crippen LogP contribution in [0.25, 0.3) is 11.3 Å². The van der Waals surface area contributed by atoms with Crippen molar-refractivity contribution in [2.75, 3.05) is 23.4 Å². The molecule has 148 valence electrons. The third-order valence-corrected chi connectivity index (χ3v) is 5.12. The lowest BCUT2D eigenvalue weighted by Crippen LogP contribution is -2.38. The molecule has 2 aromatic heterocycles. The van der Waals surface area contributed by atoms with Crippen LogP contribution in [0.5, 0.6) is 0 Å². The van der Waals surface area contributed by atoms with Crippen molar-refractivity contribution in [3.05, 3.63) is 30.3 Å². The summed E-state index contributed by atoms with van der Waals surface area (Å²) in [6.45, 7) is 0.912. The number of ether oxygens (including phenoxy) is 1. The molecule has 1 saturated carbocycles. The van der Waals surface area contributed by atoms with E-state index in [1.807, 2.05) is 0 Å². The van der Waals surface area contributed by atoms with Crippen LogP contribution in [0.4, 0.5) is 21.0 Å². The van der Waals surface area contributed by atoms with Gasteiger partial charge >= 0.3 is 6.09 Å². The molecule has 2 fully saturated rings. The lowest BCUT2D eigenvalue weighted by atomic mass is 9.92. The number of nitrogens with zero attached hydrogens (tertiary/aromatic N) is 4. The second-order valence-corrected chi connectivity index (χ2v) is 7.17. The molecule has 1 saturated heterocycles. The van der Waals surface area contributed by atoms with Gasteiger partial charge in [-0.05, 0) is 44.2 Å². The van der Waals surface area contributed by atoms with Crippen LogP contribution in [-0.2, 0) is 4.74 Å². The van der Waals surface area contributed by atoms with Crippen LogP contribution in [0.3, 0.4) is 0 Å². The molecule has 0 spiro atoms. The monoisotopic (exact) mass is 386 g/mol. The van der Waals surface area contributed by atoms with Crippen molar-refractivity contribution < 1.29 is 13.9 Å². The fourth-order valence-electron chi connectivity index (χ4n) is 3.56. The molecule has 1 aliphatic heterocycles. The topological polar surface area (TPSA) is 106 Å². The van der Waals surface area contributed by atoms with E-state index < -0.39 is 11.9 Å². The summed E-state index contributed by atoms with van der Waals surface area (Å²) in [4.78, 5) is 26.1. The normalized spacial score (nSPS) is 22.6. The average Bonchev–Trinajstić information content (AvgIpc) is 2.71. The predicted octanol–water partition coefficient (Wildman–Crippen LogP) is 2.71. The quantitative estimate of drug-likeness (QED) is 0.832. The zero-order valence-electron chi connectivity index (χ0n) is 15.5. The Morgan fingerprint density at radius 2 is 2.07 bits per heavy atom. The van der Waals surface area contributed by atoms with Gasteiger partial charge in [0.15, 0.2) is 5.82 Å². The van der Waals surface area contributed by atoms with Gasteiger partial charge in [0.1, 0.15) is 11.5 Å². The first-order chi connectivity index (χ1) is 13.6. The number of halogens is 1. The third-order valence-electron chi connectivity index (χ3n) is 5.12. The van der Waals surface area contributed by atoms with Crippen molar-refractivity contribution in [1.29, 1.82) is 0 Å². The number of amides is 1. The second kappa shape index (κ2) is 8.05. The first-order valence-electron chi connectivity index (χ1n) is 9.55. The van der Waals surface area contributed by atoms with Gasteiger partial charge < -0.3 is 15.8 Å². The Morgan fingerprint density at radius 1 is 1.25 bits per heavy atom. The van der Waals surface area contributed by atoms with Crippen LogP contribution in [0.1, 0.15) is 32.1 Å². The van der Waals surface area contributed by atoms with Crippen molar-refractivity contribution in [2.24, 2.45) is 5.73 Å². The summed E-state index contributed by atoms with van der Waals surface area (Å²) in [6, 6.07) is 3.78. The van der Waals surface area contributed by atoms with E-state index in [0.29, 0.717) is 30.5 Å². The molecule has 3 N–H and O–H groups in total. The fourth-order valence-corrected chi connectivity index (χ4v) is 3.56. The van der Waals surface area contributed by atoms with E-state index in [1.165, 1.54) is 11.1 Å². The van der Waals surface area contributed by atoms with Crippen molar-refractivity contribution >= 4 is 17.9 Å². The molecule has 0 atom stereocenters. The maximum Gasteiger partial charge on any atom is 0.415 e. The average molecular weight is 386 g/mol. The number of anilines is 2. The smallest absolute Gasteiger partial charge is 0.415 e. The van der Waals surface area contributed by atoms with E-state index in [4.69, 9.17) is 10.5 Å². The fraction of sp³-hybridized carbons (Fsp3) is 0.474. The maximum absolute atomic E-state index is 14.4. The van der Waals surface area contributed by atoms with Crippen molar-refractivity contribution in [3.63, 3.8) is 0 Å². The van der Waals surface area contributed by atoms with Gasteiger partial charge in [-0.3, -0.25) is 4.90 Å². The summed E-state index contributed by atoms with van der Waals surface area (Å²) in [6.07, 6.45) is 6.74. The Labute approximate surface area is 162 Å². The number of pyridine rings is 1. The van der Waals surface area contributed by atoms with Gasteiger partial charge in [-0.2, -0.15) is 0 Å². The minimum absolute atomic E-state index is 0.166. The number of nitrogens with one attached hydrogen (secondary N) is 1. The molecule has 2 aromatic rings. The van der Waals surface area contributed by atoms with Crippen molar-refractivity contribution in [3.8, 4) is 11.3 Å². The SMILES string of the molecule is N[C@H]1CC[C@H](Nc2ncc(F)c(-c3ccnc(N4CCCOC4=O)c3)n2)CC1. The van der Waals surface area contributed by atoms with Gasteiger partial charge in [-0.1, -0.05) is 0 Å². The lowest BCUT2D eigenvalue weighted by Gasteiger charge is -2.27. The predicted molar refractivity (Wildman–Crippen MR) is 102 cm³/mol. The van der Waals surface area contributed by atoms with Crippen LogP contribution < -0.4 is 16.0 Å². The molecule has 1 aliphatic carbocycles. The van der Waals surface area contributed by atoms with Crippen LogP contribution >= 0.6 is 0 Å². The first kappa shape index (κ1) is 18.5. The van der Waals surface area contributed by atoms with E-state index in [1.54, 1.807) is 12.1 Å². The molecule has 8 nitrogen and oxygen atoms in total. The number of carbonyl (C=O) groups is 1. The van der Waals surface area contributed by atoms with Gasteiger partial charge in [0.25, 0.3) is 0 Å². The van der Waals surface area contributed by atoms with Gasteiger partial charge in [0.05, 0.1) is 12.8 Å². The molecule has 4 rings (SSSR count). The lowest BCUT2D eigenvalue weighted by molar-refractivity contribution is 0.140. The standard InChI is InChI=1S/C19H23FN6O2/c20-15-11-23-18(24-14-4-2-13(21)3-5-14)25-17(15)12-6-7-22-16(10-12)26-8-1-9-28-19(26)27/h6-7,10-11,13-14H,1-5,8-9,21H2,(H,23,24,25)/t13-,14-. The minimum Gasteiger partial charge on any atom is -0.449 e. The van der Waals surface area contributed by atoms with Gasteiger partial charge in [0, 0.05) is 30.4 Å². The molecule has 1 amide bonds. The molecular formula is C19H23FN6O2. The highest BCUT2D eigenvalue weighted by Crippen LogP contribution is 2.26. The van der Waals surface area contributed by atoms with Crippen LogP contribution in [0.15, 0.2) is 24.5 Å². The van der Waals surface area contributed by atoms with Crippen LogP contribution in [0, 0.1) is 5.82 Å². The van der Waals surface area contributed by atoms with Crippen LogP contribution in [-0.4, -0.2) is 46.3 Å². The van der Waals surface area contributed by atoms with Crippen LogP contribution in [0.2, 0.25) is 0 Å². The summed E-state index contributed by atoms with van der Waals surface area (Å²) in [5.74, 6) is 0.262. The molecule has 28 heavy (non-hydrogen) atoms. The van der Waals surface area contributed by atoms with E-state index in [2.05, 4.69) is 20.3 Å². The van der Waals surface area contributed by atoms with E-state index in [-0.39, 0.29) is 17.8 Å². The van der Waals surface area contributed by atoms with Gasteiger partial charge in [-0.25, -0.2) is 24.1 Å². The molecule has 2 aliphatic rings. The zero-order chi connectivity index (χ0) is 19.5. The molecule has 0 unspecified atom stereocenters. The summed E-state index contributed by atoms with van der Waals surface area (Å²) >= 11 is 0. The Balaban J connectivity index is 1.56. The number of hydrogen-bond acceptors (Lipinski definition) is 7. The number of carbonyl (C=O) groups excluding carboxylic acids is 1. The Morgan fingerprint density at radius 3 is 2.86 bits per heavy atom. The number of cyclic esters (lactones) is 1. The maximum atomic E-state index is 14.4. The summed E-state index contributed by atoms with van der Waals surface area (Å²) in [7, 11) is 0. The Bertz CT molecular complexity index is 856. The number of rotatable bonds is 4. The molecule has 3 heterocycles. The summed E-state index contributed by atoms with van der Waals surface area (Å²) < 4.78 is 19.5. The second-order valence-electron chi connectivity index (χ2n) is 7.17. The minimum atomic E-state index is -0.533. The highest BCUT2D eigenvalue weighted by Gasteiger charge is 2.24. The first-order valence-corrected chi connectivity index (χ1v) is 9.55. The third kappa shape index (κ3) is 4.04. The molecule has 9 heteroatoms. The van der Waals surface area contributed by atoms with Crippen molar-refractivity contribution in [2.45, 2.75) is 44.2 Å². The highest BCUT2D eigenvalue weighted by atomic mass is 19.1. The van der Waals surface area contributed by atoms with Gasteiger partial charge in [-0.15, -0.1) is 0 Å². The van der Waals surface area contributed by atoms with Crippen molar-refractivity contribution in [1.82, 2.24) is 15.0 Å². The molecule has 0 aromatic carbocycles. The number of hydrogen-bond donors (Lipinski definition) is 2. The Kier molecular flexibility index (Phi) is 5.34. The largest absolute Gasteiger partial charge is 0.449 e. The van der Waals surface area contributed by atoms with E-state index >= 15 is 0 Å². The highest BCUT2D eigenvalue weighted by molar-refractivity contribution is 5.87. The van der Waals surface area contributed by atoms with Gasteiger partial charge in [0.2, 0.25) is 5.95 Å². The molecular weight excluding hydrogens is 363 g/mol. The van der Waals surface area contributed by atoms with E-state index in [0.717, 1.165) is 38.3 Å². The van der Waals surface area contributed by atoms with E-state index in [9.17, 15) is 9.18 Å². The zero-order valence-corrected chi connectivity index (χ0v) is 15.5. The number of aromatic nitrogens is 3. The molecule has 0 bridgehead atoms. The summed E-state index contributed by atoms with van der Waals surface area (Å²) in [5, 5.41) is 3.28. The molecule has 0 radical (unpaired) electrons. The Hall–Kier alpha value is -2.81. The number of nitrogens with two attached hydrogens (primary N) is 1. The summed E-state index contributed by atoms with van der Waals surface area (Å²) in [5.41, 5.74) is 6.64.